The van der Waals surface area contributed by atoms with Crippen LogP contribution in [0.3, 0.4) is 0 Å². The van der Waals surface area contributed by atoms with Gasteiger partial charge in [0.25, 0.3) is 0 Å². The minimum absolute atomic E-state index is 0.0313. The number of ether oxygens (including phenoxy) is 2. The Labute approximate surface area is 111 Å². The molecule has 3 nitrogen and oxygen atoms in total. The van der Waals surface area contributed by atoms with Crippen LogP contribution in [0.1, 0.15) is 13.8 Å². The molecule has 0 amide bonds. The zero-order valence-corrected chi connectivity index (χ0v) is 11.8. The van der Waals surface area contributed by atoms with Gasteiger partial charge in [0.1, 0.15) is 12.4 Å². The third-order valence-corrected chi connectivity index (χ3v) is 3.12. The van der Waals surface area contributed by atoms with E-state index in [9.17, 15) is 0 Å². The summed E-state index contributed by atoms with van der Waals surface area (Å²) in [4.78, 5) is 0. The van der Waals surface area contributed by atoms with Crippen LogP contribution in [0.15, 0.2) is 28.7 Å². The van der Waals surface area contributed by atoms with Crippen molar-refractivity contribution in [2.24, 2.45) is 0 Å². The Morgan fingerprint density at radius 2 is 2.35 bits per heavy atom. The van der Waals surface area contributed by atoms with Gasteiger partial charge in [0, 0.05) is 10.0 Å². The first-order valence-corrected chi connectivity index (χ1v) is 6.58. The summed E-state index contributed by atoms with van der Waals surface area (Å²) in [6.07, 6.45) is 0. The molecule has 0 radical (unpaired) electrons. The molecule has 2 rings (SSSR count). The van der Waals surface area contributed by atoms with Crippen LogP contribution in [0.2, 0.25) is 0 Å². The summed E-state index contributed by atoms with van der Waals surface area (Å²) in [5, 5.41) is 3.52. The van der Waals surface area contributed by atoms with E-state index in [0.29, 0.717) is 13.2 Å². The molecule has 1 aromatic rings. The molecule has 1 aliphatic rings. The summed E-state index contributed by atoms with van der Waals surface area (Å²) in [5.41, 5.74) is 0.0313. The smallest absolute Gasteiger partial charge is 0.120 e. The first-order valence-electron chi connectivity index (χ1n) is 5.79. The van der Waals surface area contributed by atoms with Gasteiger partial charge < -0.3 is 14.8 Å². The van der Waals surface area contributed by atoms with Gasteiger partial charge in [-0.3, -0.25) is 0 Å². The Hall–Kier alpha value is -0.580. The van der Waals surface area contributed by atoms with Crippen LogP contribution in [0.4, 0.5) is 0 Å². The minimum Gasteiger partial charge on any atom is -0.492 e. The van der Waals surface area contributed by atoms with Crippen molar-refractivity contribution in [3.63, 3.8) is 0 Å². The molecule has 1 aromatic carbocycles. The quantitative estimate of drug-likeness (QED) is 0.931. The molecule has 0 bridgehead atoms. The second-order valence-electron chi connectivity index (χ2n) is 5.01. The van der Waals surface area contributed by atoms with Crippen molar-refractivity contribution in [3.8, 4) is 5.75 Å². The Morgan fingerprint density at radius 3 is 3.06 bits per heavy atom. The van der Waals surface area contributed by atoms with Crippen molar-refractivity contribution in [3.05, 3.63) is 28.7 Å². The highest BCUT2D eigenvalue weighted by atomic mass is 79.9. The highest BCUT2D eigenvalue weighted by Gasteiger charge is 2.27. The summed E-state index contributed by atoms with van der Waals surface area (Å²) in [6.45, 7) is 6.36. The fraction of sp³-hybridized carbons (Fsp3) is 0.538. The van der Waals surface area contributed by atoms with Gasteiger partial charge in [0.2, 0.25) is 0 Å². The van der Waals surface area contributed by atoms with Gasteiger partial charge in [0.15, 0.2) is 0 Å². The van der Waals surface area contributed by atoms with Crippen LogP contribution in [0.25, 0.3) is 0 Å². The maximum atomic E-state index is 5.75. The molecular weight excluding hydrogens is 282 g/mol. The third kappa shape index (κ3) is 3.98. The predicted octanol–water partition coefficient (Wildman–Crippen LogP) is 2.59. The van der Waals surface area contributed by atoms with Crippen molar-refractivity contribution in [1.29, 1.82) is 0 Å². The van der Waals surface area contributed by atoms with E-state index in [1.165, 1.54) is 0 Å². The van der Waals surface area contributed by atoms with E-state index in [2.05, 4.69) is 35.1 Å². The summed E-state index contributed by atoms with van der Waals surface area (Å²) in [5.74, 6) is 0.879. The van der Waals surface area contributed by atoms with Gasteiger partial charge in [-0.1, -0.05) is 22.0 Å². The van der Waals surface area contributed by atoms with Crippen molar-refractivity contribution >= 4 is 15.9 Å². The standard InChI is InChI=1S/C13H18BrNO2/c1-13(2)9-16-7-11(15-13)8-17-12-5-3-4-10(14)6-12/h3-6,11,15H,7-9H2,1-2H3. The first kappa shape index (κ1) is 12.9. The Balaban J connectivity index is 1.86. The minimum atomic E-state index is 0.0313. The Kier molecular flexibility index (Phi) is 4.07. The van der Waals surface area contributed by atoms with Gasteiger partial charge in [-0.15, -0.1) is 0 Å². The molecule has 1 N–H and O–H groups in total. The van der Waals surface area contributed by atoms with Crippen LogP contribution < -0.4 is 10.1 Å². The Morgan fingerprint density at radius 1 is 1.53 bits per heavy atom. The maximum absolute atomic E-state index is 5.75. The van der Waals surface area contributed by atoms with Crippen LogP contribution in [0, 0.1) is 0 Å². The summed E-state index contributed by atoms with van der Waals surface area (Å²) < 4.78 is 12.3. The predicted molar refractivity (Wildman–Crippen MR) is 71.5 cm³/mol. The number of benzene rings is 1. The lowest BCUT2D eigenvalue weighted by Gasteiger charge is -2.36. The van der Waals surface area contributed by atoms with E-state index in [4.69, 9.17) is 9.47 Å². The lowest BCUT2D eigenvalue weighted by atomic mass is 10.0. The van der Waals surface area contributed by atoms with Crippen LogP contribution >= 0.6 is 15.9 Å². The number of hydrogen-bond donors (Lipinski definition) is 1. The number of morpholine rings is 1. The van der Waals surface area contributed by atoms with E-state index in [-0.39, 0.29) is 11.6 Å². The van der Waals surface area contributed by atoms with E-state index in [0.717, 1.165) is 16.8 Å². The number of halogens is 1. The van der Waals surface area contributed by atoms with Crippen LogP contribution in [0.5, 0.6) is 5.75 Å². The molecule has 4 heteroatoms. The summed E-state index contributed by atoms with van der Waals surface area (Å²) in [7, 11) is 0. The van der Waals surface area contributed by atoms with Gasteiger partial charge in [0.05, 0.1) is 19.3 Å². The molecular formula is C13H18BrNO2. The van der Waals surface area contributed by atoms with Crippen LogP contribution in [-0.4, -0.2) is 31.4 Å². The average Bonchev–Trinajstić information content (AvgIpc) is 2.25. The SMILES string of the molecule is CC1(C)COCC(COc2cccc(Br)c2)N1. The van der Waals surface area contributed by atoms with Gasteiger partial charge in [-0.25, -0.2) is 0 Å². The fourth-order valence-electron chi connectivity index (χ4n) is 1.94. The van der Waals surface area contributed by atoms with Gasteiger partial charge in [-0.05, 0) is 32.0 Å². The third-order valence-electron chi connectivity index (χ3n) is 2.62. The lowest BCUT2D eigenvalue weighted by molar-refractivity contribution is 0.000943. The molecule has 1 atom stereocenters. The van der Waals surface area contributed by atoms with Gasteiger partial charge >= 0.3 is 0 Å². The molecule has 0 aliphatic carbocycles. The summed E-state index contributed by atoms with van der Waals surface area (Å²) in [6, 6.07) is 8.12. The molecule has 1 unspecified atom stereocenters. The highest BCUT2D eigenvalue weighted by molar-refractivity contribution is 9.10. The fourth-order valence-corrected chi connectivity index (χ4v) is 2.31. The molecule has 0 aromatic heterocycles. The maximum Gasteiger partial charge on any atom is 0.120 e. The van der Waals surface area contributed by atoms with Crippen molar-refractivity contribution in [1.82, 2.24) is 5.32 Å². The second kappa shape index (κ2) is 5.38. The highest BCUT2D eigenvalue weighted by Crippen LogP contribution is 2.18. The molecule has 17 heavy (non-hydrogen) atoms. The second-order valence-corrected chi connectivity index (χ2v) is 5.92. The molecule has 94 valence electrons. The zero-order valence-electron chi connectivity index (χ0n) is 10.2. The van der Waals surface area contributed by atoms with E-state index >= 15 is 0 Å². The number of rotatable bonds is 3. The molecule has 1 heterocycles. The lowest BCUT2D eigenvalue weighted by Crippen LogP contribution is -2.57. The first-order chi connectivity index (χ1) is 8.05. The molecule has 0 spiro atoms. The number of hydrogen-bond acceptors (Lipinski definition) is 3. The topological polar surface area (TPSA) is 30.5 Å². The molecule has 1 saturated heterocycles. The van der Waals surface area contributed by atoms with Crippen molar-refractivity contribution in [2.45, 2.75) is 25.4 Å². The van der Waals surface area contributed by atoms with E-state index in [1.54, 1.807) is 0 Å². The van der Waals surface area contributed by atoms with E-state index in [1.807, 2.05) is 24.3 Å². The number of nitrogens with one attached hydrogen (secondary N) is 1. The summed E-state index contributed by atoms with van der Waals surface area (Å²) >= 11 is 3.43. The molecule has 1 aliphatic heterocycles. The monoisotopic (exact) mass is 299 g/mol. The largest absolute Gasteiger partial charge is 0.492 e. The van der Waals surface area contributed by atoms with Crippen LogP contribution in [-0.2, 0) is 4.74 Å². The van der Waals surface area contributed by atoms with Gasteiger partial charge in [-0.2, -0.15) is 0 Å². The normalized spacial score (nSPS) is 23.4. The Bertz CT molecular complexity index is 381. The average molecular weight is 300 g/mol. The van der Waals surface area contributed by atoms with Crippen molar-refractivity contribution in [2.75, 3.05) is 19.8 Å². The van der Waals surface area contributed by atoms with E-state index < -0.39 is 0 Å². The molecule has 0 saturated carbocycles. The zero-order chi connectivity index (χ0) is 12.3. The molecule has 1 fully saturated rings. The van der Waals surface area contributed by atoms with Crippen molar-refractivity contribution < 1.29 is 9.47 Å².